The van der Waals surface area contributed by atoms with Gasteiger partial charge in [-0.3, -0.25) is 0 Å². The first-order valence-electron chi connectivity index (χ1n) is 6.59. The average molecular weight is 292 g/mol. The average Bonchev–Trinajstić information content (AvgIpc) is 3.02. The fourth-order valence-electron chi connectivity index (χ4n) is 2.47. The van der Waals surface area contributed by atoms with E-state index < -0.39 is 10.0 Å². The van der Waals surface area contributed by atoms with E-state index in [1.54, 1.807) is 45.8 Å². The van der Waals surface area contributed by atoms with Crippen molar-refractivity contribution >= 4 is 10.0 Å². The number of hydrogen-bond donors (Lipinski definition) is 0. The number of sulfonamides is 1. The summed E-state index contributed by atoms with van der Waals surface area (Å²) in [5.41, 5.74) is 0. The Morgan fingerprint density at radius 2 is 1.60 bits per heavy atom. The predicted octanol–water partition coefficient (Wildman–Crippen LogP) is 1.30. The molecule has 0 N–H and O–H groups in total. The van der Waals surface area contributed by atoms with Crippen LogP contribution < -0.4 is 0 Å². The van der Waals surface area contributed by atoms with E-state index in [4.69, 9.17) is 0 Å². The van der Waals surface area contributed by atoms with Crippen LogP contribution in [-0.2, 0) is 10.0 Å². The van der Waals surface area contributed by atoms with Gasteiger partial charge in [-0.05, 0) is 25.0 Å². The van der Waals surface area contributed by atoms with Crippen LogP contribution in [-0.4, -0.2) is 40.8 Å². The van der Waals surface area contributed by atoms with Crippen molar-refractivity contribution in [2.45, 2.75) is 23.8 Å². The minimum Gasteiger partial charge on any atom is -0.207 e. The van der Waals surface area contributed by atoms with Gasteiger partial charge < -0.3 is 0 Å². The lowest BCUT2D eigenvalue weighted by atomic mass is 10.1. The smallest absolute Gasteiger partial charge is 0.207 e. The fourth-order valence-corrected chi connectivity index (χ4v) is 3.96. The number of rotatable bonds is 3. The summed E-state index contributed by atoms with van der Waals surface area (Å²) in [7, 11) is -3.37. The molecule has 0 bridgehead atoms. The standard InChI is InChI=1S/C13H16N4O2S/c18-20(19,13-4-2-1-3-5-13)16-10-6-12(7-11-16)17-14-8-9-15-17/h1-5,8-9,12H,6-7,10-11H2. The van der Waals surface area contributed by atoms with Crippen molar-refractivity contribution in [1.29, 1.82) is 0 Å². The summed E-state index contributed by atoms with van der Waals surface area (Å²) < 4.78 is 26.5. The molecular formula is C13H16N4O2S. The largest absolute Gasteiger partial charge is 0.243 e. The first kappa shape index (κ1) is 13.3. The Bertz CT molecular complexity index is 647. The quantitative estimate of drug-likeness (QED) is 0.855. The Morgan fingerprint density at radius 3 is 2.20 bits per heavy atom. The highest BCUT2D eigenvalue weighted by molar-refractivity contribution is 7.89. The van der Waals surface area contributed by atoms with Gasteiger partial charge in [-0.2, -0.15) is 19.3 Å². The second-order valence-corrected chi connectivity index (χ2v) is 6.74. The van der Waals surface area contributed by atoms with E-state index in [9.17, 15) is 8.42 Å². The molecule has 0 saturated carbocycles. The van der Waals surface area contributed by atoms with Crippen LogP contribution in [0.25, 0.3) is 0 Å². The second-order valence-electron chi connectivity index (χ2n) is 4.80. The van der Waals surface area contributed by atoms with E-state index in [1.807, 2.05) is 6.07 Å². The molecule has 0 aliphatic carbocycles. The molecule has 1 saturated heterocycles. The van der Waals surface area contributed by atoms with Crippen LogP contribution >= 0.6 is 0 Å². The molecule has 7 heteroatoms. The van der Waals surface area contributed by atoms with E-state index in [-0.39, 0.29) is 6.04 Å². The molecule has 0 unspecified atom stereocenters. The molecular weight excluding hydrogens is 276 g/mol. The highest BCUT2D eigenvalue weighted by atomic mass is 32.2. The highest BCUT2D eigenvalue weighted by Gasteiger charge is 2.30. The Labute approximate surface area is 118 Å². The molecule has 1 fully saturated rings. The highest BCUT2D eigenvalue weighted by Crippen LogP contribution is 2.25. The zero-order valence-electron chi connectivity index (χ0n) is 11.0. The van der Waals surface area contributed by atoms with E-state index >= 15 is 0 Å². The maximum Gasteiger partial charge on any atom is 0.243 e. The molecule has 0 atom stereocenters. The summed E-state index contributed by atoms with van der Waals surface area (Å²) in [6.45, 7) is 1.01. The normalized spacial score (nSPS) is 18.2. The van der Waals surface area contributed by atoms with Crippen molar-refractivity contribution in [3.8, 4) is 0 Å². The zero-order valence-corrected chi connectivity index (χ0v) is 11.8. The Kier molecular flexibility index (Phi) is 3.54. The van der Waals surface area contributed by atoms with E-state index in [1.165, 1.54) is 0 Å². The molecule has 1 aliphatic rings. The Morgan fingerprint density at radius 1 is 1.00 bits per heavy atom. The summed E-state index contributed by atoms with van der Waals surface area (Å²) in [4.78, 5) is 2.03. The van der Waals surface area contributed by atoms with E-state index in [0.29, 0.717) is 18.0 Å². The number of nitrogens with zero attached hydrogens (tertiary/aromatic N) is 4. The molecule has 2 heterocycles. The topological polar surface area (TPSA) is 68.1 Å². The van der Waals surface area contributed by atoms with Crippen molar-refractivity contribution in [3.63, 3.8) is 0 Å². The number of hydrogen-bond acceptors (Lipinski definition) is 4. The van der Waals surface area contributed by atoms with Crippen molar-refractivity contribution in [2.24, 2.45) is 0 Å². The van der Waals surface area contributed by atoms with Crippen molar-refractivity contribution in [3.05, 3.63) is 42.7 Å². The molecule has 106 valence electrons. The monoisotopic (exact) mass is 292 g/mol. The molecule has 2 aromatic rings. The molecule has 0 radical (unpaired) electrons. The van der Waals surface area contributed by atoms with Gasteiger partial charge in [0.2, 0.25) is 10.0 Å². The lowest BCUT2D eigenvalue weighted by molar-refractivity contribution is 0.245. The van der Waals surface area contributed by atoms with Crippen LogP contribution in [0.5, 0.6) is 0 Å². The van der Waals surface area contributed by atoms with Crippen LogP contribution in [0.2, 0.25) is 0 Å². The second kappa shape index (κ2) is 5.34. The molecule has 1 aromatic carbocycles. The lowest BCUT2D eigenvalue weighted by Crippen LogP contribution is -2.39. The summed E-state index contributed by atoms with van der Waals surface area (Å²) in [6.07, 6.45) is 4.77. The van der Waals surface area contributed by atoms with E-state index in [0.717, 1.165) is 12.8 Å². The SMILES string of the molecule is O=S(=O)(c1ccccc1)N1CCC(n2nccn2)CC1. The van der Waals surface area contributed by atoms with E-state index in [2.05, 4.69) is 10.2 Å². The predicted molar refractivity (Wildman–Crippen MR) is 73.5 cm³/mol. The van der Waals surface area contributed by atoms with Crippen LogP contribution in [0.3, 0.4) is 0 Å². The van der Waals surface area contributed by atoms with Crippen LogP contribution in [0.1, 0.15) is 18.9 Å². The first-order valence-corrected chi connectivity index (χ1v) is 8.03. The van der Waals surface area contributed by atoms with Gasteiger partial charge in [0, 0.05) is 13.1 Å². The molecule has 20 heavy (non-hydrogen) atoms. The summed E-state index contributed by atoms with van der Waals surface area (Å²) >= 11 is 0. The van der Waals surface area contributed by atoms with Gasteiger partial charge in [-0.25, -0.2) is 8.42 Å². The van der Waals surface area contributed by atoms with Gasteiger partial charge in [-0.1, -0.05) is 18.2 Å². The molecule has 3 rings (SSSR count). The van der Waals surface area contributed by atoms with Crippen LogP contribution in [0.4, 0.5) is 0 Å². The van der Waals surface area contributed by atoms with Crippen LogP contribution in [0, 0.1) is 0 Å². The van der Waals surface area contributed by atoms with Crippen molar-refractivity contribution < 1.29 is 8.42 Å². The third kappa shape index (κ3) is 2.46. The van der Waals surface area contributed by atoms with Crippen molar-refractivity contribution in [1.82, 2.24) is 19.3 Å². The lowest BCUT2D eigenvalue weighted by Gasteiger charge is -2.30. The summed E-state index contributed by atoms with van der Waals surface area (Å²) in [5, 5.41) is 8.25. The Hall–Kier alpha value is -1.73. The molecule has 1 aromatic heterocycles. The molecule has 6 nitrogen and oxygen atoms in total. The summed E-state index contributed by atoms with van der Waals surface area (Å²) in [5.74, 6) is 0. The number of benzene rings is 1. The van der Waals surface area contributed by atoms with Gasteiger partial charge in [0.05, 0.1) is 23.3 Å². The molecule has 1 aliphatic heterocycles. The van der Waals surface area contributed by atoms with Gasteiger partial charge in [0.1, 0.15) is 0 Å². The van der Waals surface area contributed by atoms with Gasteiger partial charge in [0.25, 0.3) is 0 Å². The maximum atomic E-state index is 12.5. The van der Waals surface area contributed by atoms with Gasteiger partial charge >= 0.3 is 0 Å². The number of aromatic nitrogens is 3. The minimum atomic E-state index is -3.37. The summed E-state index contributed by atoms with van der Waals surface area (Å²) in [6, 6.07) is 8.76. The molecule has 0 amide bonds. The Balaban J connectivity index is 1.72. The van der Waals surface area contributed by atoms with Crippen molar-refractivity contribution in [2.75, 3.05) is 13.1 Å². The van der Waals surface area contributed by atoms with Gasteiger partial charge in [0.15, 0.2) is 0 Å². The minimum absolute atomic E-state index is 0.187. The fraction of sp³-hybridized carbons (Fsp3) is 0.385. The first-order chi connectivity index (χ1) is 9.68. The third-order valence-corrected chi connectivity index (χ3v) is 5.48. The number of piperidine rings is 1. The van der Waals surface area contributed by atoms with Crippen LogP contribution in [0.15, 0.2) is 47.6 Å². The zero-order chi connectivity index (χ0) is 14.0. The maximum absolute atomic E-state index is 12.5. The van der Waals surface area contributed by atoms with Gasteiger partial charge in [-0.15, -0.1) is 0 Å². The third-order valence-electron chi connectivity index (χ3n) is 3.57. The molecule has 0 spiro atoms.